The van der Waals surface area contributed by atoms with Gasteiger partial charge in [0.05, 0.1) is 0 Å². The van der Waals surface area contributed by atoms with Crippen LogP contribution in [0.2, 0.25) is 0 Å². The standard InChI is InChI=1S/C7H11NO/c8-7(9)5-6-3-1-2-4-6/h1,3,6H,2,4-5H2,(H2,8,9). The van der Waals surface area contributed by atoms with Crippen molar-refractivity contribution in [3.05, 3.63) is 12.2 Å². The van der Waals surface area contributed by atoms with Crippen molar-refractivity contribution in [2.75, 3.05) is 0 Å². The summed E-state index contributed by atoms with van der Waals surface area (Å²) in [6.45, 7) is 0. The molecule has 0 heterocycles. The lowest BCUT2D eigenvalue weighted by atomic mass is 10.1. The van der Waals surface area contributed by atoms with Gasteiger partial charge in [0, 0.05) is 6.42 Å². The first-order valence-corrected chi connectivity index (χ1v) is 3.24. The van der Waals surface area contributed by atoms with E-state index in [4.69, 9.17) is 5.73 Å². The predicted octanol–water partition coefficient (Wildman–Crippen LogP) is 0.828. The van der Waals surface area contributed by atoms with Gasteiger partial charge in [-0.3, -0.25) is 4.79 Å². The summed E-state index contributed by atoms with van der Waals surface area (Å²) < 4.78 is 0. The van der Waals surface area contributed by atoms with Crippen molar-refractivity contribution in [1.29, 1.82) is 0 Å². The van der Waals surface area contributed by atoms with Crippen LogP contribution in [0.4, 0.5) is 0 Å². The molecule has 0 fully saturated rings. The number of allylic oxidation sites excluding steroid dienone is 2. The molecule has 0 saturated carbocycles. The molecule has 1 aliphatic rings. The molecule has 0 aromatic carbocycles. The van der Waals surface area contributed by atoms with Crippen LogP contribution in [0.25, 0.3) is 0 Å². The van der Waals surface area contributed by atoms with E-state index in [-0.39, 0.29) is 5.91 Å². The predicted molar refractivity (Wildman–Crippen MR) is 35.7 cm³/mol. The summed E-state index contributed by atoms with van der Waals surface area (Å²) in [6, 6.07) is 0. The monoisotopic (exact) mass is 125 g/mol. The number of nitrogens with two attached hydrogens (primary N) is 1. The lowest BCUT2D eigenvalue weighted by Crippen LogP contribution is -2.13. The molecule has 50 valence electrons. The van der Waals surface area contributed by atoms with Gasteiger partial charge < -0.3 is 5.73 Å². The van der Waals surface area contributed by atoms with Crippen molar-refractivity contribution in [3.8, 4) is 0 Å². The van der Waals surface area contributed by atoms with Crippen molar-refractivity contribution < 1.29 is 4.79 Å². The maximum absolute atomic E-state index is 10.3. The Morgan fingerprint density at radius 2 is 2.56 bits per heavy atom. The van der Waals surface area contributed by atoms with Gasteiger partial charge in [-0.1, -0.05) is 12.2 Å². The average molecular weight is 125 g/mol. The fourth-order valence-corrected chi connectivity index (χ4v) is 1.12. The molecule has 0 spiro atoms. The molecule has 0 bridgehead atoms. The molecular weight excluding hydrogens is 114 g/mol. The van der Waals surface area contributed by atoms with Crippen LogP contribution in [-0.2, 0) is 4.79 Å². The molecular formula is C7H11NO. The lowest BCUT2D eigenvalue weighted by Gasteiger charge is -2.00. The number of hydrogen-bond acceptors (Lipinski definition) is 1. The van der Waals surface area contributed by atoms with Gasteiger partial charge in [0.25, 0.3) is 0 Å². The Morgan fingerprint density at radius 1 is 1.78 bits per heavy atom. The van der Waals surface area contributed by atoms with Crippen LogP contribution in [0, 0.1) is 5.92 Å². The van der Waals surface area contributed by atoms with Crippen LogP contribution in [0.1, 0.15) is 19.3 Å². The largest absolute Gasteiger partial charge is 0.370 e. The van der Waals surface area contributed by atoms with E-state index in [0.29, 0.717) is 12.3 Å². The van der Waals surface area contributed by atoms with E-state index < -0.39 is 0 Å². The third-order valence-corrected chi connectivity index (χ3v) is 1.58. The molecule has 1 atom stereocenters. The second kappa shape index (κ2) is 2.67. The van der Waals surface area contributed by atoms with E-state index in [1.165, 1.54) is 0 Å². The van der Waals surface area contributed by atoms with Gasteiger partial charge in [-0.15, -0.1) is 0 Å². The zero-order chi connectivity index (χ0) is 6.69. The van der Waals surface area contributed by atoms with E-state index in [9.17, 15) is 4.79 Å². The Balaban J connectivity index is 2.28. The molecule has 0 aliphatic heterocycles. The first kappa shape index (κ1) is 6.33. The minimum atomic E-state index is -0.188. The normalized spacial score (nSPS) is 24.7. The number of carbonyl (C=O) groups excluding carboxylic acids is 1. The number of amides is 1. The van der Waals surface area contributed by atoms with Gasteiger partial charge in [0.1, 0.15) is 0 Å². The maximum Gasteiger partial charge on any atom is 0.218 e. The Bertz CT molecular complexity index is 140. The third-order valence-electron chi connectivity index (χ3n) is 1.58. The van der Waals surface area contributed by atoms with Gasteiger partial charge in [-0.2, -0.15) is 0 Å². The van der Waals surface area contributed by atoms with Crippen LogP contribution in [0.3, 0.4) is 0 Å². The van der Waals surface area contributed by atoms with Gasteiger partial charge in [0.15, 0.2) is 0 Å². The first-order valence-electron chi connectivity index (χ1n) is 3.24. The lowest BCUT2D eigenvalue weighted by molar-refractivity contribution is -0.118. The van der Waals surface area contributed by atoms with Crippen molar-refractivity contribution in [3.63, 3.8) is 0 Å². The highest BCUT2D eigenvalue weighted by Crippen LogP contribution is 2.19. The Morgan fingerprint density at radius 3 is 3.00 bits per heavy atom. The number of rotatable bonds is 2. The molecule has 1 amide bonds. The molecule has 1 rings (SSSR count). The van der Waals surface area contributed by atoms with E-state index in [2.05, 4.69) is 12.2 Å². The average Bonchev–Trinajstić information content (AvgIpc) is 2.15. The number of primary amides is 1. The summed E-state index contributed by atoms with van der Waals surface area (Å²) in [5.41, 5.74) is 5.00. The van der Waals surface area contributed by atoms with Crippen molar-refractivity contribution in [2.24, 2.45) is 11.7 Å². The first-order chi connectivity index (χ1) is 4.29. The zero-order valence-corrected chi connectivity index (χ0v) is 5.34. The SMILES string of the molecule is NC(=O)CC1C=CCC1. The van der Waals surface area contributed by atoms with Gasteiger partial charge >= 0.3 is 0 Å². The summed E-state index contributed by atoms with van der Waals surface area (Å²) in [6.07, 6.45) is 6.91. The highest BCUT2D eigenvalue weighted by Gasteiger charge is 2.10. The van der Waals surface area contributed by atoms with Crippen LogP contribution >= 0.6 is 0 Å². The van der Waals surface area contributed by atoms with E-state index in [0.717, 1.165) is 12.8 Å². The fourth-order valence-electron chi connectivity index (χ4n) is 1.12. The van der Waals surface area contributed by atoms with Crippen LogP contribution in [0.5, 0.6) is 0 Å². The molecule has 1 aliphatic carbocycles. The van der Waals surface area contributed by atoms with Crippen LogP contribution in [-0.4, -0.2) is 5.91 Å². The topological polar surface area (TPSA) is 43.1 Å². The molecule has 0 aromatic rings. The summed E-state index contributed by atoms with van der Waals surface area (Å²) in [4.78, 5) is 10.3. The minimum Gasteiger partial charge on any atom is -0.370 e. The molecule has 2 nitrogen and oxygen atoms in total. The summed E-state index contributed by atoms with van der Waals surface area (Å²) >= 11 is 0. The Labute approximate surface area is 54.7 Å². The van der Waals surface area contributed by atoms with Crippen LogP contribution < -0.4 is 5.73 Å². The molecule has 1 unspecified atom stereocenters. The molecule has 9 heavy (non-hydrogen) atoms. The van der Waals surface area contributed by atoms with Gasteiger partial charge in [-0.25, -0.2) is 0 Å². The summed E-state index contributed by atoms with van der Waals surface area (Å²) in [5, 5.41) is 0. The van der Waals surface area contributed by atoms with E-state index >= 15 is 0 Å². The Hall–Kier alpha value is -0.790. The zero-order valence-electron chi connectivity index (χ0n) is 5.34. The minimum absolute atomic E-state index is 0.188. The van der Waals surface area contributed by atoms with Crippen molar-refractivity contribution in [2.45, 2.75) is 19.3 Å². The second-order valence-electron chi connectivity index (χ2n) is 2.44. The van der Waals surface area contributed by atoms with Gasteiger partial charge in [0.2, 0.25) is 5.91 Å². The Kier molecular flexibility index (Phi) is 1.88. The number of hydrogen-bond donors (Lipinski definition) is 1. The second-order valence-corrected chi connectivity index (χ2v) is 2.44. The number of carbonyl (C=O) groups is 1. The van der Waals surface area contributed by atoms with E-state index in [1.54, 1.807) is 0 Å². The maximum atomic E-state index is 10.3. The van der Waals surface area contributed by atoms with Crippen molar-refractivity contribution >= 4 is 5.91 Å². The fraction of sp³-hybridized carbons (Fsp3) is 0.571. The molecule has 0 saturated heterocycles. The smallest absolute Gasteiger partial charge is 0.218 e. The summed E-state index contributed by atoms with van der Waals surface area (Å²) in [7, 11) is 0. The van der Waals surface area contributed by atoms with E-state index in [1.807, 2.05) is 0 Å². The molecule has 0 aromatic heterocycles. The third kappa shape index (κ3) is 1.88. The molecule has 2 heteroatoms. The highest BCUT2D eigenvalue weighted by atomic mass is 16.1. The van der Waals surface area contributed by atoms with Crippen molar-refractivity contribution in [1.82, 2.24) is 0 Å². The van der Waals surface area contributed by atoms with Gasteiger partial charge in [-0.05, 0) is 18.8 Å². The highest BCUT2D eigenvalue weighted by molar-refractivity contribution is 5.74. The summed E-state index contributed by atoms with van der Waals surface area (Å²) in [5.74, 6) is 0.244. The molecule has 2 N–H and O–H groups in total. The van der Waals surface area contributed by atoms with Crippen LogP contribution in [0.15, 0.2) is 12.2 Å². The molecule has 0 radical (unpaired) electrons. The quantitative estimate of drug-likeness (QED) is 0.546.